The van der Waals surface area contributed by atoms with Gasteiger partial charge in [0.05, 0.1) is 16.6 Å². The fraction of sp³-hybridized carbons (Fsp3) is 0. The number of para-hydroxylation sites is 6. The second-order valence-corrected chi connectivity index (χ2v) is 39.4. The van der Waals surface area contributed by atoms with E-state index in [1.807, 2.05) is 34.0 Å². The van der Waals surface area contributed by atoms with E-state index in [1.54, 1.807) is 0 Å². The normalized spacial score (nSPS) is 11.8. The minimum absolute atomic E-state index is 0.898. The SMILES string of the molecule is c1ccc(-c2cc(-c3ccc(-c4ccc5c(c4)oc4c6ccccc6n(-c6ccccc6)c54)cc3)c3sc4ccccc4c3c2)cc1.c1ccc(-c2cccc3c2sc2c(-c4ccc(-c5ccc6oc7c8ccccc8n(-c8ccccc8)c7c6c5)cc4)cccc23)cc1.c1ccc(-c2cccc3c2sc2cccc(-c4ccc(-c5ccc6c(c5)oc5c7ccccc7n(-c7ccccc7)c65)cc4)c23)cc1. The van der Waals surface area contributed by atoms with Crippen molar-refractivity contribution in [1.82, 2.24) is 13.7 Å². The smallest absolute Gasteiger partial charge is 0.161 e. The Morgan fingerprint density at radius 2 is 0.461 bits per heavy atom. The molecule has 0 saturated carbocycles. The van der Waals surface area contributed by atoms with Gasteiger partial charge in [0.1, 0.15) is 33.3 Å². The monoisotopic (exact) mass is 1850 g/mol. The number of nitrogens with zero attached hydrogens (tertiary/aromatic N) is 3. The molecular weight excluding hydrogens is 1770 g/mol. The Morgan fingerprint density at radius 1 is 0.156 bits per heavy atom. The first-order valence-electron chi connectivity index (χ1n) is 47.8. The second-order valence-electron chi connectivity index (χ2n) is 36.3. The highest BCUT2D eigenvalue weighted by Gasteiger charge is 2.27. The maximum atomic E-state index is 6.64. The molecule has 30 rings (SSSR count). The zero-order valence-corrected chi connectivity index (χ0v) is 78.5. The van der Waals surface area contributed by atoms with Crippen LogP contribution in [0.5, 0.6) is 0 Å². The largest absolute Gasteiger partial charge is 0.454 e. The van der Waals surface area contributed by atoms with Gasteiger partial charge in [0.15, 0.2) is 16.7 Å². The molecule has 0 spiro atoms. The van der Waals surface area contributed by atoms with E-state index in [1.165, 1.54) is 150 Å². The summed E-state index contributed by atoms with van der Waals surface area (Å²) in [5.41, 5.74) is 37.7. The van der Waals surface area contributed by atoms with Crippen LogP contribution in [0.25, 0.3) is 277 Å². The van der Waals surface area contributed by atoms with Gasteiger partial charge in [-0.1, -0.05) is 358 Å². The summed E-state index contributed by atoms with van der Waals surface area (Å²) in [6, 6.07) is 176. The van der Waals surface area contributed by atoms with Crippen LogP contribution in [0.1, 0.15) is 0 Å². The first-order valence-corrected chi connectivity index (χ1v) is 50.2. The lowest BCUT2D eigenvalue weighted by molar-refractivity contribution is 0.672. The molecule has 660 valence electrons. The number of fused-ring (bicyclic) bond motifs is 24. The van der Waals surface area contributed by atoms with Gasteiger partial charge in [-0.25, -0.2) is 0 Å². The van der Waals surface area contributed by atoms with Gasteiger partial charge in [-0.15, -0.1) is 34.0 Å². The third-order valence-corrected chi connectivity index (χ3v) is 32.0. The van der Waals surface area contributed by atoms with Crippen LogP contribution in [0.15, 0.2) is 505 Å². The maximum Gasteiger partial charge on any atom is 0.161 e. The van der Waals surface area contributed by atoms with Gasteiger partial charge >= 0.3 is 0 Å². The Hall–Kier alpha value is -17.7. The summed E-state index contributed by atoms with van der Waals surface area (Å²) in [5.74, 6) is 0. The molecule has 9 heterocycles. The lowest BCUT2D eigenvalue weighted by atomic mass is 9.95. The van der Waals surface area contributed by atoms with Gasteiger partial charge in [-0.3, -0.25) is 0 Å². The summed E-state index contributed by atoms with van der Waals surface area (Å²) in [7, 11) is 0. The van der Waals surface area contributed by atoms with E-state index in [0.717, 1.165) is 127 Å². The third kappa shape index (κ3) is 13.7. The lowest BCUT2D eigenvalue weighted by Gasteiger charge is -2.10. The fourth-order valence-corrected chi connectivity index (χ4v) is 25.5. The van der Waals surface area contributed by atoms with Crippen LogP contribution in [-0.4, -0.2) is 13.7 Å². The number of thiophene rings is 3. The van der Waals surface area contributed by atoms with Gasteiger partial charge in [-0.2, -0.15) is 0 Å². The summed E-state index contributed by atoms with van der Waals surface area (Å²) < 4.78 is 34.7. The quantitative estimate of drug-likeness (QED) is 0.122. The van der Waals surface area contributed by atoms with Crippen molar-refractivity contribution >= 4 is 193 Å². The van der Waals surface area contributed by atoms with Crippen LogP contribution in [0, 0.1) is 0 Å². The van der Waals surface area contributed by atoms with Crippen molar-refractivity contribution in [2.45, 2.75) is 0 Å². The molecule has 0 aliphatic heterocycles. The molecule has 6 nitrogen and oxygen atoms in total. The number of furan rings is 3. The molecule has 0 atom stereocenters. The number of hydrogen-bond acceptors (Lipinski definition) is 6. The summed E-state index contributed by atoms with van der Waals surface area (Å²) in [6.45, 7) is 0. The van der Waals surface area contributed by atoms with E-state index in [-0.39, 0.29) is 0 Å². The van der Waals surface area contributed by atoms with Crippen molar-refractivity contribution in [2.75, 3.05) is 0 Å². The summed E-state index contributed by atoms with van der Waals surface area (Å²) in [6.07, 6.45) is 0. The van der Waals surface area contributed by atoms with Crippen LogP contribution < -0.4 is 0 Å². The highest BCUT2D eigenvalue weighted by atomic mass is 32.1. The van der Waals surface area contributed by atoms with E-state index < -0.39 is 0 Å². The number of rotatable bonds is 12. The van der Waals surface area contributed by atoms with Gasteiger partial charge in [-0.05, 0) is 228 Å². The first kappa shape index (κ1) is 81.6. The van der Waals surface area contributed by atoms with Crippen LogP contribution in [0.3, 0.4) is 0 Å². The van der Waals surface area contributed by atoms with Crippen molar-refractivity contribution < 1.29 is 13.3 Å². The number of aromatic nitrogens is 3. The zero-order valence-electron chi connectivity index (χ0n) is 76.1. The Morgan fingerprint density at radius 3 is 0.943 bits per heavy atom. The first-order chi connectivity index (χ1) is 69.9. The standard InChI is InChI=1S/3C44H27NOS/c1-3-11-28(12-4-1)32-25-37(44-38(26-32)34-15-8-10-18-41(34)47-44)30-21-19-29(20-22-30)31-23-24-36-40(27-31)46-43-35-16-7-9-17-39(35)45(42(36)43)33-13-5-2-6-14-33;1-3-11-29(12-4-1)34-17-9-18-37-41-33(16-10-20-40(41)47-44(34)37)30-23-21-28(22-24-30)31-25-26-36-39(27-31)46-43-35-15-7-8-19-38(35)45(42(36)43)32-13-5-2-6-14-32;1-3-11-29(12-4-1)33-16-9-18-35-36-19-10-17-34(44(36)47-43(33)35)30-23-21-28(22-24-30)31-25-26-40-38(27-31)41-42(46-40)37-15-7-8-20-39(37)45(41)32-13-5-2-6-14-32/h3*1-27H. The van der Waals surface area contributed by atoms with Crippen molar-refractivity contribution in [3.05, 3.63) is 491 Å². The van der Waals surface area contributed by atoms with Gasteiger partial charge < -0.3 is 27.0 Å². The third-order valence-electron chi connectivity index (χ3n) is 28.3. The van der Waals surface area contributed by atoms with E-state index in [0.29, 0.717) is 0 Å². The Labute approximate surface area is 822 Å². The molecule has 0 radical (unpaired) electrons. The summed E-state index contributed by atoms with van der Waals surface area (Å²) in [5, 5.41) is 14.6. The number of hydrogen-bond donors (Lipinski definition) is 0. The molecule has 9 heteroatoms. The van der Waals surface area contributed by atoms with E-state index in [2.05, 4.69) is 505 Å². The minimum Gasteiger partial charge on any atom is -0.454 e. The van der Waals surface area contributed by atoms with E-state index in [4.69, 9.17) is 13.3 Å². The Kier molecular flexibility index (Phi) is 19.5. The van der Waals surface area contributed by atoms with Gasteiger partial charge in [0, 0.05) is 115 Å². The average Bonchev–Trinajstić information content (AvgIpc) is 1.56. The predicted molar refractivity (Wildman–Crippen MR) is 599 cm³/mol. The van der Waals surface area contributed by atoms with Crippen LogP contribution in [-0.2, 0) is 0 Å². The summed E-state index contributed by atoms with van der Waals surface area (Å²) >= 11 is 5.66. The highest BCUT2D eigenvalue weighted by Crippen LogP contribution is 2.51. The van der Waals surface area contributed by atoms with E-state index in [9.17, 15) is 0 Å². The van der Waals surface area contributed by atoms with Gasteiger partial charge in [0.2, 0.25) is 0 Å². The van der Waals surface area contributed by atoms with Gasteiger partial charge in [0.25, 0.3) is 0 Å². The molecule has 9 aromatic heterocycles. The average molecular weight is 1850 g/mol. The zero-order chi connectivity index (χ0) is 92.7. The van der Waals surface area contributed by atoms with Crippen molar-refractivity contribution in [1.29, 1.82) is 0 Å². The molecule has 0 bridgehead atoms. The molecule has 141 heavy (non-hydrogen) atoms. The maximum absolute atomic E-state index is 6.64. The van der Waals surface area contributed by atoms with Crippen LogP contribution in [0.2, 0.25) is 0 Å². The molecule has 0 aliphatic rings. The molecule has 0 N–H and O–H groups in total. The topological polar surface area (TPSA) is 54.2 Å². The Bertz CT molecular complexity index is 10100. The molecular formula is C132H81N3O3S3. The summed E-state index contributed by atoms with van der Waals surface area (Å²) in [4.78, 5) is 0. The molecule has 0 saturated heterocycles. The molecule has 30 aromatic rings. The van der Waals surface area contributed by atoms with Crippen molar-refractivity contribution in [3.8, 4) is 117 Å². The molecule has 21 aromatic carbocycles. The van der Waals surface area contributed by atoms with Crippen LogP contribution in [0.4, 0.5) is 0 Å². The fourth-order valence-electron chi connectivity index (χ4n) is 21.7. The van der Waals surface area contributed by atoms with E-state index >= 15 is 0 Å². The second kappa shape index (κ2) is 33.6. The minimum atomic E-state index is 0.898. The molecule has 0 aliphatic carbocycles. The Balaban J connectivity index is 0.000000104. The van der Waals surface area contributed by atoms with Crippen molar-refractivity contribution in [3.63, 3.8) is 0 Å². The number of benzene rings is 21. The molecule has 0 fully saturated rings. The predicted octanol–water partition coefficient (Wildman–Crippen LogP) is 38.7. The van der Waals surface area contributed by atoms with Crippen molar-refractivity contribution in [2.24, 2.45) is 0 Å². The highest BCUT2D eigenvalue weighted by molar-refractivity contribution is 7.27. The molecule has 0 unspecified atom stereocenters. The molecule has 0 amide bonds. The lowest BCUT2D eigenvalue weighted by Crippen LogP contribution is -1.92. The van der Waals surface area contributed by atoms with Crippen LogP contribution >= 0.6 is 34.0 Å².